The van der Waals surface area contributed by atoms with Crippen LogP contribution in [0.3, 0.4) is 0 Å². The third-order valence-corrected chi connectivity index (χ3v) is 4.47. The molecule has 2 rings (SSSR count). The summed E-state index contributed by atoms with van der Waals surface area (Å²) in [7, 11) is -3.54. The SMILES string of the molecule is CC(C)COc1ccc(C2(C(=O)NS(C)(=O)=O)CCC2)cc1. The third-order valence-electron chi connectivity index (χ3n) is 3.91. The van der Waals surface area contributed by atoms with Crippen LogP contribution < -0.4 is 9.46 Å². The average molecular weight is 325 g/mol. The zero-order chi connectivity index (χ0) is 16.4. The molecule has 0 unspecified atom stereocenters. The van der Waals surface area contributed by atoms with Gasteiger partial charge < -0.3 is 4.74 Å². The first kappa shape index (κ1) is 16.8. The summed E-state index contributed by atoms with van der Waals surface area (Å²) < 4.78 is 30.4. The van der Waals surface area contributed by atoms with Crippen molar-refractivity contribution in [2.24, 2.45) is 5.92 Å². The summed E-state index contributed by atoms with van der Waals surface area (Å²) in [5, 5.41) is 0. The normalized spacial score (nSPS) is 16.9. The molecule has 6 heteroatoms. The van der Waals surface area contributed by atoms with Gasteiger partial charge in [-0.1, -0.05) is 32.4 Å². The molecular formula is C16H23NO4S. The molecule has 1 fully saturated rings. The van der Waals surface area contributed by atoms with Crippen molar-refractivity contribution >= 4 is 15.9 Å². The molecule has 1 N–H and O–H groups in total. The minimum atomic E-state index is -3.54. The first-order valence-electron chi connectivity index (χ1n) is 7.48. The largest absolute Gasteiger partial charge is 0.493 e. The lowest BCUT2D eigenvalue weighted by molar-refractivity contribution is -0.128. The van der Waals surface area contributed by atoms with Crippen LogP contribution in [0.4, 0.5) is 0 Å². The smallest absolute Gasteiger partial charge is 0.244 e. The number of sulfonamides is 1. The first-order valence-corrected chi connectivity index (χ1v) is 9.38. The number of nitrogens with one attached hydrogen (secondary N) is 1. The van der Waals surface area contributed by atoms with Gasteiger partial charge in [0, 0.05) is 0 Å². The number of hydrogen-bond acceptors (Lipinski definition) is 4. The van der Waals surface area contributed by atoms with Crippen LogP contribution in [0.5, 0.6) is 5.75 Å². The van der Waals surface area contributed by atoms with Crippen LogP contribution in [0.25, 0.3) is 0 Å². The third kappa shape index (κ3) is 3.80. The molecule has 22 heavy (non-hydrogen) atoms. The topological polar surface area (TPSA) is 72.5 Å². The molecule has 1 aromatic rings. The zero-order valence-corrected chi connectivity index (χ0v) is 14.1. The lowest BCUT2D eigenvalue weighted by atomic mass is 9.64. The molecule has 0 spiro atoms. The Labute approximate surface area is 132 Å². The lowest BCUT2D eigenvalue weighted by Gasteiger charge is -2.40. The standard InChI is InChI=1S/C16H23NO4S/c1-12(2)11-21-14-7-5-13(6-8-14)16(9-4-10-16)15(18)17-22(3,19)20/h5-8,12H,4,9-11H2,1-3H3,(H,17,18). The summed E-state index contributed by atoms with van der Waals surface area (Å²) in [6, 6.07) is 7.39. The summed E-state index contributed by atoms with van der Waals surface area (Å²) >= 11 is 0. The number of amides is 1. The summed E-state index contributed by atoms with van der Waals surface area (Å²) in [4.78, 5) is 12.3. The molecule has 1 aliphatic carbocycles. The van der Waals surface area contributed by atoms with Crippen LogP contribution in [0, 0.1) is 5.92 Å². The van der Waals surface area contributed by atoms with Gasteiger partial charge in [-0.3, -0.25) is 9.52 Å². The number of hydrogen-bond donors (Lipinski definition) is 1. The number of benzene rings is 1. The molecular weight excluding hydrogens is 302 g/mol. The number of carbonyl (C=O) groups is 1. The highest BCUT2D eigenvalue weighted by Gasteiger charge is 2.46. The van der Waals surface area contributed by atoms with Gasteiger partial charge in [-0.25, -0.2) is 8.42 Å². The van der Waals surface area contributed by atoms with Crippen molar-refractivity contribution in [1.29, 1.82) is 0 Å². The van der Waals surface area contributed by atoms with E-state index in [1.54, 1.807) is 0 Å². The molecule has 0 radical (unpaired) electrons. The highest BCUT2D eigenvalue weighted by Crippen LogP contribution is 2.44. The van der Waals surface area contributed by atoms with Crippen molar-refractivity contribution < 1.29 is 17.9 Å². The van der Waals surface area contributed by atoms with Gasteiger partial charge >= 0.3 is 0 Å². The van der Waals surface area contributed by atoms with E-state index >= 15 is 0 Å². The number of ether oxygens (including phenoxy) is 1. The lowest BCUT2D eigenvalue weighted by Crippen LogP contribution is -2.50. The van der Waals surface area contributed by atoms with Crippen molar-refractivity contribution in [3.05, 3.63) is 29.8 Å². The van der Waals surface area contributed by atoms with Crippen LogP contribution in [0.2, 0.25) is 0 Å². The quantitative estimate of drug-likeness (QED) is 0.870. The summed E-state index contributed by atoms with van der Waals surface area (Å²) in [6.07, 6.45) is 3.25. The predicted molar refractivity (Wildman–Crippen MR) is 85.3 cm³/mol. The Morgan fingerprint density at radius 2 is 1.86 bits per heavy atom. The minimum absolute atomic E-state index is 0.433. The Balaban J connectivity index is 2.15. The van der Waals surface area contributed by atoms with E-state index in [-0.39, 0.29) is 0 Å². The van der Waals surface area contributed by atoms with E-state index in [0.717, 1.165) is 24.0 Å². The van der Waals surface area contributed by atoms with Crippen molar-refractivity contribution in [1.82, 2.24) is 4.72 Å². The Bertz CT molecular complexity index is 631. The highest BCUT2D eigenvalue weighted by atomic mass is 32.2. The van der Waals surface area contributed by atoms with Gasteiger partial charge in [-0.05, 0) is 36.5 Å². The molecule has 1 aliphatic rings. The minimum Gasteiger partial charge on any atom is -0.493 e. The van der Waals surface area contributed by atoms with Gasteiger partial charge in [0.15, 0.2) is 0 Å². The summed E-state index contributed by atoms with van der Waals surface area (Å²) in [5.41, 5.74) is 0.122. The van der Waals surface area contributed by atoms with Crippen LogP contribution in [-0.2, 0) is 20.2 Å². The van der Waals surface area contributed by atoms with Crippen molar-refractivity contribution in [3.63, 3.8) is 0 Å². The van der Waals surface area contributed by atoms with E-state index in [1.165, 1.54) is 0 Å². The van der Waals surface area contributed by atoms with E-state index in [0.29, 0.717) is 25.4 Å². The molecule has 0 aromatic heterocycles. The Morgan fingerprint density at radius 1 is 1.27 bits per heavy atom. The van der Waals surface area contributed by atoms with Gasteiger partial charge in [0.05, 0.1) is 18.3 Å². The maximum absolute atomic E-state index is 12.3. The molecule has 0 aliphatic heterocycles. The molecule has 122 valence electrons. The van der Waals surface area contributed by atoms with Gasteiger partial charge in [0.1, 0.15) is 5.75 Å². The van der Waals surface area contributed by atoms with Crippen LogP contribution >= 0.6 is 0 Å². The van der Waals surface area contributed by atoms with Crippen molar-refractivity contribution in [3.8, 4) is 5.75 Å². The fraction of sp³-hybridized carbons (Fsp3) is 0.562. The van der Waals surface area contributed by atoms with Gasteiger partial charge in [0.25, 0.3) is 0 Å². The zero-order valence-electron chi connectivity index (χ0n) is 13.3. The van der Waals surface area contributed by atoms with Crippen LogP contribution in [0.15, 0.2) is 24.3 Å². The second-order valence-electron chi connectivity index (χ2n) is 6.37. The molecule has 0 heterocycles. The fourth-order valence-electron chi connectivity index (χ4n) is 2.58. The maximum Gasteiger partial charge on any atom is 0.244 e. The second-order valence-corrected chi connectivity index (χ2v) is 8.12. The molecule has 1 amide bonds. The van der Waals surface area contributed by atoms with E-state index in [2.05, 4.69) is 18.6 Å². The molecule has 0 saturated heterocycles. The van der Waals surface area contributed by atoms with E-state index in [4.69, 9.17) is 4.74 Å². The van der Waals surface area contributed by atoms with Gasteiger partial charge in [-0.2, -0.15) is 0 Å². The number of rotatable bonds is 6. The average Bonchev–Trinajstić information content (AvgIpc) is 2.34. The first-order chi connectivity index (χ1) is 10.2. The summed E-state index contributed by atoms with van der Waals surface area (Å²) in [6.45, 7) is 4.79. The Kier molecular flexibility index (Phi) is 4.80. The maximum atomic E-state index is 12.3. The highest BCUT2D eigenvalue weighted by molar-refractivity contribution is 7.89. The van der Waals surface area contributed by atoms with E-state index < -0.39 is 21.3 Å². The van der Waals surface area contributed by atoms with Gasteiger partial charge in [-0.15, -0.1) is 0 Å². The van der Waals surface area contributed by atoms with E-state index in [9.17, 15) is 13.2 Å². The molecule has 1 saturated carbocycles. The van der Waals surface area contributed by atoms with E-state index in [1.807, 2.05) is 24.3 Å². The van der Waals surface area contributed by atoms with Crippen LogP contribution in [-0.4, -0.2) is 27.2 Å². The number of carbonyl (C=O) groups excluding carboxylic acids is 1. The van der Waals surface area contributed by atoms with Gasteiger partial charge in [0.2, 0.25) is 15.9 Å². The second kappa shape index (κ2) is 6.28. The van der Waals surface area contributed by atoms with Crippen LogP contribution in [0.1, 0.15) is 38.7 Å². The Hall–Kier alpha value is -1.56. The summed E-state index contributed by atoms with van der Waals surface area (Å²) in [5.74, 6) is 0.769. The molecule has 0 bridgehead atoms. The van der Waals surface area contributed by atoms with Crippen molar-refractivity contribution in [2.45, 2.75) is 38.5 Å². The Morgan fingerprint density at radius 3 is 2.27 bits per heavy atom. The molecule has 0 atom stereocenters. The van der Waals surface area contributed by atoms with Crippen molar-refractivity contribution in [2.75, 3.05) is 12.9 Å². The monoisotopic (exact) mass is 325 g/mol. The molecule has 5 nitrogen and oxygen atoms in total. The predicted octanol–water partition coefficient (Wildman–Crippen LogP) is 2.22. The molecule has 1 aromatic carbocycles. The fourth-order valence-corrected chi connectivity index (χ4v) is 3.11.